The molecule has 9 heteroatoms. The third-order valence-corrected chi connectivity index (χ3v) is 8.05. The molecule has 2 aromatic carbocycles. The number of aryl methyl sites for hydroxylation is 2. The van der Waals surface area contributed by atoms with Crippen LogP contribution in [0.1, 0.15) is 55.7 Å². The molecule has 0 spiro atoms. The first-order valence-corrected chi connectivity index (χ1v) is 14.7. The maximum Gasteiger partial charge on any atom is 0.244 e. The van der Waals surface area contributed by atoms with E-state index >= 15 is 0 Å². The Kier molecular flexibility index (Phi) is 9.59. The Morgan fingerprint density at radius 3 is 2.27 bits per heavy atom. The molecule has 0 heterocycles. The van der Waals surface area contributed by atoms with Crippen LogP contribution < -0.4 is 14.4 Å². The molecule has 8 nitrogen and oxygen atoms in total. The van der Waals surface area contributed by atoms with E-state index in [2.05, 4.69) is 5.32 Å². The molecule has 1 fully saturated rings. The van der Waals surface area contributed by atoms with Crippen molar-refractivity contribution < 1.29 is 22.7 Å². The Balaban J connectivity index is 1.97. The highest BCUT2D eigenvalue weighted by atomic mass is 32.2. The maximum atomic E-state index is 13.9. The fraction of sp³-hybridized carbons (Fsp3) is 0.500. The molecule has 2 amide bonds. The second-order valence-electron chi connectivity index (χ2n) is 9.80. The smallest absolute Gasteiger partial charge is 0.244 e. The molecule has 1 aliphatic carbocycles. The number of rotatable bonds is 11. The van der Waals surface area contributed by atoms with Crippen molar-refractivity contribution in [1.29, 1.82) is 0 Å². The first-order chi connectivity index (χ1) is 17.5. The maximum absolute atomic E-state index is 13.9. The van der Waals surface area contributed by atoms with Crippen LogP contribution in [0.2, 0.25) is 0 Å². The molecule has 0 unspecified atom stereocenters. The van der Waals surface area contributed by atoms with Crippen LogP contribution in [0.15, 0.2) is 42.5 Å². The van der Waals surface area contributed by atoms with Crippen LogP contribution in [0.25, 0.3) is 0 Å². The van der Waals surface area contributed by atoms with E-state index in [4.69, 9.17) is 4.74 Å². The number of para-hydroxylation sites is 1. The Morgan fingerprint density at radius 2 is 1.70 bits per heavy atom. The van der Waals surface area contributed by atoms with Gasteiger partial charge in [-0.15, -0.1) is 0 Å². The third kappa shape index (κ3) is 7.25. The van der Waals surface area contributed by atoms with E-state index in [0.717, 1.165) is 52.9 Å². The molecule has 1 N–H and O–H groups in total. The van der Waals surface area contributed by atoms with Gasteiger partial charge in [-0.05, 0) is 61.9 Å². The van der Waals surface area contributed by atoms with Gasteiger partial charge in [0.1, 0.15) is 18.3 Å². The van der Waals surface area contributed by atoms with Gasteiger partial charge in [0.25, 0.3) is 0 Å². The summed E-state index contributed by atoms with van der Waals surface area (Å²) in [5, 5.41) is 3.12. The van der Waals surface area contributed by atoms with Crippen molar-refractivity contribution in [2.24, 2.45) is 0 Å². The fourth-order valence-corrected chi connectivity index (χ4v) is 5.99. The molecule has 202 valence electrons. The van der Waals surface area contributed by atoms with Crippen LogP contribution in [-0.2, 0) is 26.2 Å². The van der Waals surface area contributed by atoms with Crippen molar-refractivity contribution in [3.63, 3.8) is 0 Å². The summed E-state index contributed by atoms with van der Waals surface area (Å²) in [6.07, 6.45) is 5.51. The standard InChI is InChI=1S/C28H39N3O5S/c1-6-25(28(33)29-23-14-7-8-15-23)30(18-22-13-10-16-24(17-22)36-4)26(32)19-31(37(5,34)35)27-20(2)11-9-12-21(27)3/h9-13,16-17,23,25H,6-8,14-15,18-19H2,1-5H3,(H,29,33)/t25-/m0/s1. The minimum absolute atomic E-state index is 0.109. The van der Waals surface area contributed by atoms with E-state index in [9.17, 15) is 18.0 Å². The summed E-state index contributed by atoms with van der Waals surface area (Å²) < 4.78 is 32.3. The zero-order valence-corrected chi connectivity index (χ0v) is 23.3. The molecule has 0 saturated heterocycles. The van der Waals surface area contributed by atoms with E-state index in [-0.39, 0.29) is 18.5 Å². The highest BCUT2D eigenvalue weighted by molar-refractivity contribution is 7.92. The Morgan fingerprint density at radius 1 is 1.08 bits per heavy atom. The van der Waals surface area contributed by atoms with Crippen molar-refractivity contribution >= 4 is 27.5 Å². The van der Waals surface area contributed by atoms with Gasteiger partial charge >= 0.3 is 0 Å². The summed E-state index contributed by atoms with van der Waals surface area (Å²) in [4.78, 5) is 28.8. The van der Waals surface area contributed by atoms with Gasteiger partial charge in [-0.2, -0.15) is 0 Å². The van der Waals surface area contributed by atoms with Crippen molar-refractivity contribution in [1.82, 2.24) is 10.2 Å². The number of ether oxygens (including phenoxy) is 1. The molecule has 0 aromatic heterocycles. The van der Waals surface area contributed by atoms with Gasteiger partial charge in [-0.25, -0.2) is 8.42 Å². The largest absolute Gasteiger partial charge is 0.497 e. The first kappa shape index (κ1) is 28.5. The van der Waals surface area contributed by atoms with E-state index in [1.54, 1.807) is 7.11 Å². The zero-order valence-electron chi connectivity index (χ0n) is 22.5. The normalized spacial score (nSPS) is 14.7. The minimum atomic E-state index is -3.78. The van der Waals surface area contributed by atoms with Crippen LogP contribution in [0, 0.1) is 13.8 Å². The van der Waals surface area contributed by atoms with Gasteiger partial charge in [0.2, 0.25) is 21.8 Å². The molecule has 0 aliphatic heterocycles. The predicted octanol–water partition coefficient (Wildman–Crippen LogP) is 3.94. The molecular formula is C28H39N3O5S. The third-order valence-electron chi connectivity index (χ3n) is 6.94. The van der Waals surface area contributed by atoms with Crippen LogP contribution in [-0.4, -0.2) is 57.1 Å². The lowest BCUT2D eigenvalue weighted by Crippen LogP contribution is -2.53. The number of hydrogen-bond acceptors (Lipinski definition) is 5. The van der Waals surface area contributed by atoms with Gasteiger partial charge < -0.3 is 15.0 Å². The summed E-state index contributed by atoms with van der Waals surface area (Å²) in [7, 11) is -2.21. The number of nitrogens with zero attached hydrogens (tertiary/aromatic N) is 2. The number of methoxy groups -OCH3 is 1. The summed E-state index contributed by atoms with van der Waals surface area (Å²) >= 11 is 0. The fourth-order valence-electron chi connectivity index (χ4n) is 5.03. The number of amides is 2. The van der Waals surface area contributed by atoms with E-state index < -0.39 is 28.5 Å². The van der Waals surface area contributed by atoms with Gasteiger partial charge in [-0.1, -0.05) is 50.1 Å². The number of benzene rings is 2. The second-order valence-corrected chi connectivity index (χ2v) is 11.7. The highest BCUT2D eigenvalue weighted by Crippen LogP contribution is 2.27. The van der Waals surface area contributed by atoms with Crippen LogP contribution in [0.5, 0.6) is 5.75 Å². The van der Waals surface area contributed by atoms with Crippen LogP contribution in [0.3, 0.4) is 0 Å². The SMILES string of the molecule is CC[C@@H](C(=O)NC1CCCC1)N(Cc1cccc(OC)c1)C(=O)CN(c1c(C)cccc1C)S(C)(=O)=O. The lowest BCUT2D eigenvalue weighted by molar-refractivity contribution is -0.140. The average Bonchev–Trinajstić information content (AvgIpc) is 3.35. The van der Waals surface area contributed by atoms with E-state index in [1.165, 1.54) is 4.90 Å². The molecule has 1 aliphatic rings. The number of sulfonamides is 1. The van der Waals surface area contributed by atoms with Crippen molar-refractivity contribution in [2.75, 3.05) is 24.2 Å². The monoisotopic (exact) mass is 529 g/mol. The quantitative estimate of drug-likeness (QED) is 0.476. The Hall–Kier alpha value is -3.07. The number of nitrogens with one attached hydrogen (secondary N) is 1. The number of hydrogen-bond donors (Lipinski definition) is 1. The summed E-state index contributed by atoms with van der Waals surface area (Å²) in [5.74, 6) is -0.00500. The molecule has 37 heavy (non-hydrogen) atoms. The number of anilines is 1. The molecule has 1 atom stereocenters. The first-order valence-electron chi connectivity index (χ1n) is 12.8. The number of carbonyl (C=O) groups is 2. The van der Waals surface area contributed by atoms with Crippen molar-refractivity contribution in [2.45, 2.75) is 71.5 Å². The second kappa shape index (κ2) is 12.4. The minimum Gasteiger partial charge on any atom is -0.497 e. The van der Waals surface area contributed by atoms with Crippen molar-refractivity contribution in [3.8, 4) is 5.75 Å². The van der Waals surface area contributed by atoms with E-state index in [0.29, 0.717) is 17.9 Å². The molecule has 1 saturated carbocycles. The zero-order chi connectivity index (χ0) is 27.2. The van der Waals surface area contributed by atoms with Gasteiger partial charge in [0.05, 0.1) is 19.1 Å². The lowest BCUT2D eigenvalue weighted by Gasteiger charge is -2.34. The topological polar surface area (TPSA) is 96.0 Å². The highest BCUT2D eigenvalue weighted by Gasteiger charge is 2.33. The molecular weight excluding hydrogens is 490 g/mol. The summed E-state index contributed by atoms with van der Waals surface area (Å²) in [6.45, 7) is 5.26. The molecule has 3 rings (SSSR count). The summed E-state index contributed by atoms with van der Waals surface area (Å²) in [5.41, 5.74) is 2.79. The van der Waals surface area contributed by atoms with Crippen LogP contribution in [0.4, 0.5) is 5.69 Å². The Labute approximate surface area is 221 Å². The molecule has 0 radical (unpaired) electrons. The van der Waals surface area contributed by atoms with Gasteiger partial charge in [0.15, 0.2) is 0 Å². The van der Waals surface area contributed by atoms with E-state index in [1.807, 2.05) is 63.2 Å². The lowest BCUT2D eigenvalue weighted by atomic mass is 10.1. The average molecular weight is 530 g/mol. The summed E-state index contributed by atoms with van der Waals surface area (Å²) in [6, 6.07) is 12.2. The van der Waals surface area contributed by atoms with Gasteiger partial charge in [-0.3, -0.25) is 13.9 Å². The van der Waals surface area contributed by atoms with Gasteiger partial charge in [0, 0.05) is 12.6 Å². The molecule has 2 aromatic rings. The molecule has 0 bridgehead atoms. The Bertz CT molecular complexity index is 1190. The number of carbonyl (C=O) groups excluding carboxylic acids is 2. The van der Waals surface area contributed by atoms with Crippen LogP contribution >= 0.6 is 0 Å². The van der Waals surface area contributed by atoms with Crippen molar-refractivity contribution in [3.05, 3.63) is 59.2 Å². The predicted molar refractivity (Wildman–Crippen MR) is 146 cm³/mol.